The Morgan fingerprint density at radius 1 is 1.22 bits per heavy atom. The quantitative estimate of drug-likeness (QED) is 0.830. The van der Waals surface area contributed by atoms with Gasteiger partial charge in [-0.1, -0.05) is 24.3 Å². The smallest absolute Gasteiger partial charge is 0.227 e. The molecule has 1 aliphatic rings. The van der Waals surface area contributed by atoms with Crippen molar-refractivity contribution in [2.24, 2.45) is 0 Å². The van der Waals surface area contributed by atoms with Gasteiger partial charge in [0.15, 0.2) is 11.6 Å². The van der Waals surface area contributed by atoms with Crippen molar-refractivity contribution >= 4 is 11.8 Å². The Bertz CT molecular complexity index is 585. The molecule has 2 aromatic rings. The molecule has 0 atom stereocenters. The van der Waals surface area contributed by atoms with Crippen LogP contribution in [-0.4, -0.2) is 16.5 Å². The molecule has 1 aromatic heterocycles. The van der Waals surface area contributed by atoms with Crippen LogP contribution in [0.5, 0.6) is 0 Å². The van der Waals surface area contributed by atoms with Gasteiger partial charge in [0.1, 0.15) is 0 Å². The first kappa shape index (κ1) is 11.0. The van der Waals surface area contributed by atoms with Crippen LogP contribution in [0.2, 0.25) is 0 Å². The summed E-state index contributed by atoms with van der Waals surface area (Å²) in [6.07, 6.45) is 2.06. The molecule has 92 valence electrons. The second-order valence-electron chi connectivity index (χ2n) is 4.34. The van der Waals surface area contributed by atoms with Gasteiger partial charge in [-0.3, -0.25) is 0 Å². The molecule has 0 saturated heterocycles. The molecule has 0 spiro atoms. The summed E-state index contributed by atoms with van der Waals surface area (Å²) in [5, 5.41) is 0. The number of nitrogens with two attached hydrogens (primary N) is 1. The van der Waals surface area contributed by atoms with Gasteiger partial charge < -0.3 is 10.6 Å². The molecule has 0 fully saturated rings. The van der Waals surface area contributed by atoms with Crippen molar-refractivity contribution in [2.75, 3.05) is 17.2 Å². The van der Waals surface area contributed by atoms with Gasteiger partial charge in [0.25, 0.3) is 0 Å². The minimum atomic E-state index is -0.573. The van der Waals surface area contributed by atoms with E-state index in [4.69, 9.17) is 5.73 Å². The van der Waals surface area contributed by atoms with Gasteiger partial charge in [-0.2, -0.15) is 4.98 Å². The van der Waals surface area contributed by atoms with Gasteiger partial charge in [-0.05, 0) is 17.5 Å². The maximum absolute atomic E-state index is 13.0. The third-order valence-electron chi connectivity index (χ3n) is 3.17. The Hall–Kier alpha value is -2.17. The Kier molecular flexibility index (Phi) is 2.59. The van der Waals surface area contributed by atoms with Gasteiger partial charge in [-0.15, -0.1) is 0 Å². The number of aromatic nitrogens is 2. The van der Waals surface area contributed by atoms with Crippen molar-refractivity contribution in [2.45, 2.75) is 13.0 Å². The lowest BCUT2D eigenvalue weighted by atomic mass is 10.0. The van der Waals surface area contributed by atoms with Crippen molar-refractivity contribution in [3.63, 3.8) is 0 Å². The van der Waals surface area contributed by atoms with Gasteiger partial charge in [-0.25, -0.2) is 9.37 Å². The fourth-order valence-electron chi connectivity index (χ4n) is 2.19. The van der Waals surface area contributed by atoms with Crippen molar-refractivity contribution < 1.29 is 4.39 Å². The summed E-state index contributed by atoms with van der Waals surface area (Å²) in [7, 11) is 0. The van der Waals surface area contributed by atoms with Crippen molar-refractivity contribution in [1.29, 1.82) is 0 Å². The molecule has 0 saturated carbocycles. The summed E-state index contributed by atoms with van der Waals surface area (Å²) >= 11 is 0. The third-order valence-corrected chi connectivity index (χ3v) is 3.17. The molecule has 3 rings (SSSR count). The van der Waals surface area contributed by atoms with Crippen molar-refractivity contribution in [3.05, 3.63) is 47.4 Å². The molecule has 2 heterocycles. The monoisotopic (exact) mass is 244 g/mol. The summed E-state index contributed by atoms with van der Waals surface area (Å²) in [5.41, 5.74) is 8.08. The maximum Gasteiger partial charge on any atom is 0.227 e. The summed E-state index contributed by atoms with van der Waals surface area (Å²) < 4.78 is 13.0. The number of anilines is 2. The molecule has 0 radical (unpaired) electrons. The number of hydrogen-bond donors (Lipinski definition) is 1. The molecule has 0 unspecified atom stereocenters. The molecule has 1 aromatic carbocycles. The molecule has 0 bridgehead atoms. The normalized spacial score (nSPS) is 14.4. The predicted molar refractivity (Wildman–Crippen MR) is 67.6 cm³/mol. The summed E-state index contributed by atoms with van der Waals surface area (Å²) in [6.45, 7) is 1.56. The van der Waals surface area contributed by atoms with E-state index in [2.05, 4.69) is 22.1 Å². The van der Waals surface area contributed by atoms with Crippen LogP contribution in [0, 0.1) is 5.82 Å². The van der Waals surface area contributed by atoms with E-state index >= 15 is 0 Å². The van der Waals surface area contributed by atoms with Crippen LogP contribution in [0.1, 0.15) is 11.1 Å². The fraction of sp³-hybridized carbons (Fsp3) is 0.231. The molecule has 0 amide bonds. The van der Waals surface area contributed by atoms with E-state index in [1.165, 1.54) is 11.1 Å². The standard InChI is InChI=1S/C13H13FN4/c14-11-7-16-13(17-12(11)15)18-6-5-9-3-1-2-4-10(9)8-18/h1-4,7H,5-6,8H2,(H2,15,16,17). The Balaban J connectivity index is 1.89. The Morgan fingerprint density at radius 3 is 2.78 bits per heavy atom. The van der Waals surface area contributed by atoms with Crippen LogP contribution in [0.25, 0.3) is 0 Å². The minimum Gasteiger partial charge on any atom is -0.381 e. The number of halogens is 1. The van der Waals surface area contributed by atoms with E-state index < -0.39 is 5.82 Å². The number of hydrogen-bond acceptors (Lipinski definition) is 4. The molecule has 1 aliphatic heterocycles. The summed E-state index contributed by atoms with van der Waals surface area (Å²) in [6, 6.07) is 8.28. The number of nitrogens with zero attached hydrogens (tertiary/aromatic N) is 3. The molecular weight excluding hydrogens is 231 g/mol. The second kappa shape index (κ2) is 4.25. The zero-order chi connectivity index (χ0) is 12.5. The van der Waals surface area contributed by atoms with Crippen LogP contribution in [-0.2, 0) is 13.0 Å². The van der Waals surface area contributed by atoms with Crippen LogP contribution in [0.3, 0.4) is 0 Å². The first-order valence-electron chi connectivity index (χ1n) is 5.84. The minimum absolute atomic E-state index is 0.0983. The number of rotatable bonds is 1. The van der Waals surface area contributed by atoms with Gasteiger partial charge in [0.05, 0.1) is 6.20 Å². The van der Waals surface area contributed by atoms with Gasteiger partial charge in [0.2, 0.25) is 5.95 Å². The Morgan fingerprint density at radius 2 is 2.00 bits per heavy atom. The van der Waals surface area contributed by atoms with E-state index in [1.807, 2.05) is 17.0 Å². The SMILES string of the molecule is Nc1nc(N2CCc3ccccc3C2)ncc1F. The average Bonchev–Trinajstić information content (AvgIpc) is 2.41. The average molecular weight is 244 g/mol. The van der Waals surface area contributed by atoms with Crippen LogP contribution in [0.15, 0.2) is 30.5 Å². The number of fused-ring (bicyclic) bond motifs is 1. The zero-order valence-corrected chi connectivity index (χ0v) is 9.81. The van der Waals surface area contributed by atoms with Crippen LogP contribution < -0.4 is 10.6 Å². The van der Waals surface area contributed by atoms with Crippen LogP contribution in [0.4, 0.5) is 16.2 Å². The largest absolute Gasteiger partial charge is 0.381 e. The zero-order valence-electron chi connectivity index (χ0n) is 9.81. The van der Waals surface area contributed by atoms with E-state index in [-0.39, 0.29) is 5.82 Å². The summed E-state index contributed by atoms with van der Waals surface area (Å²) in [4.78, 5) is 9.99. The molecule has 18 heavy (non-hydrogen) atoms. The van der Waals surface area contributed by atoms with E-state index in [1.54, 1.807) is 0 Å². The first-order chi connectivity index (χ1) is 8.74. The van der Waals surface area contributed by atoms with Gasteiger partial charge in [0, 0.05) is 13.1 Å². The lowest BCUT2D eigenvalue weighted by Crippen LogP contribution is -2.31. The first-order valence-corrected chi connectivity index (χ1v) is 5.84. The van der Waals surface area contributed by atoms with Crippen LogP contribution >= 0.6 is 0 Å². The highest BCUT2D eigenvalue weighted by atomic mass is 19.1. The predicted octanol–water partition coefficient (Wildman–Crippen LogP) is 1.76. The Labute approximate surface area is 104 Å². The lowest BCUT2D eigenvalue weighted by Gasteiger charge is -2.28. The van der Waals surface area contributed by atoms with Crippen molar-refractivity contribution in [1.82, 2.24) is 9.97 Å². The van der Waals surface area contributed by atoms with E-state index in [0.29, 0.717) is 5.95 Å². The highest BCUT2D eigenvalue weighted by Crippen LogP contribution is 2.22. The lowest BCUT2D eigenvalue weighted by molar-refractivity contribution is 0.615. The topological polar surface area (TPSA) is 55.0 Å². The fourth-order valence-corrected chi connectivity index (χ4v) is 2.19. The molecule has 5 heteroatoms. The number of benzene rings is 1. The third kappa shape index (κ3) is 1.88. The van der Waals surface area contributed by atoms with E-state index in [0.717, 1.165) is 25.7 Å². The molecule has 4 nitrogen and oxygen atoms in total. The van der Waals surface area contributed by atoms with E-state index in [9.17, 15) is 4.39 Å². The highest BCUT2D eigenvalue weighted by Gasteiger charge is 2.18. The maximum atomic E-state index is 13.0. The number of nitrogen functional groups attached to an aromatic ring is 1. The molecule has 0 aliphatic carbocycles. The van der Waals surface area contributed by atoms with Crippen molar-refractivity contribution in [3.8, 4) is 0 Å². The summed E-state index contributed by atoms with van der Waals surface area (Å²) in [5.74, 6) is -0.182. The molecule has 2 N–H and O–H groups in total. The second-order valence-corrected chi connectivity index (χ2v) is 4.34. The molecular formula is C13H13FN4. The van der Waals surface area contributed by atoms with Gasteiger partial charge >= 0.3 is 0 Å². The highest BCUT2D eigenvalue weighted by molar-refractivity contribution is 5.43.